The predicted octanol–water partition coefficient (Wildman–Crippen LogP) is 1.11. The highest BCUT2D eigenvalue weighted by Crippen LogP contribution is 2.25. The van der Waals surface area contributed by atoms with Gasteiger partial charge in [-0.3, -0.25) is 15.0 Å². The Kier molecular flexibility index (Phi) is 4.08. The summed E-state index contributed by atoms with van der Waals surface area (Å²) in [7, 11) is -3.94. The first-order chi connectivity index (χ1) is 11.4. The molecule has 0 aromatic heterocycles. The fourth-order valence-corrected chi connectivity index (χ4v) is 3.33. The molecule has 7 nitrogen and oxygen atoms in total. The van der Waals surface area contributed by atoms with E-state index in [9.17, 15) is 18.0 Å². The summed E-state index contributed by atoms with van der Waals surface area (Å²) >= 11 is 0. The summed E-state index contributed by atoms with van der Waals surface area (Å²) in [5.74, 6) is -0.727. The summed E-state index contributed by atoms with van der Waals surface area (Å²) in [5, 5.41) is 2.63. The number of hydrogen-bond acceptors (Lipinski definition) is 4. The summed E-state index contributed by atoms with van der Waals surface area (Å²) in [5.41, 5.74) is 4.51. The third-order valence-corrected chi connectivity index (χ3v) is 4.95. The molecule has 24 heavy (non-hydrogen) atoms. The molecule has 1 heterocycles. The minimum atomic E-state index is -3.94. The average Bonchev–Trinajstić information content (AvgIpc) is 2.92. The van der Waals surface area contributed by atoms with Crippen LogP contribution in [0.3, 0.4) is 0 Å². The highest BCUT2D eigenvalue weighted by atomic mass is 32.2. The molecule has 0 saturated carbocycles. The minimum absolute atomic E-state index is 0.0252. The number of rotatable bonds is 4. The van der Waals surface area contributed by atoms with Gasteiger partial charge < -0.3 is 5.32 Å². The molecule has 1 aliphatic heterocycles. The normalized spacial score (nSPS) is 13.3. The third-order valence-electron chi connectivity index (χ3n) is 3.70. The SMILES string of the molecule is Cc1ccccc1C(=O)NNS(=O)(=O)c1ccc2c(c1)CC(=O)N2. The quantitative estimate of drug-likeness (QED) is 0.722. The third kappa shape index (κ3) is 3.15. The lowest BCUT2D eigenvalue weighted by Gasteiger charge is -2.10. The van der Waals surface area contributed by atoms with E-state index >= 15 is 0 Å². The smallest absolute Gasteiger partial charge is 0.266 e. The van der Waals surface area contributed by atoms with Crippen molar-refractivity contribution >= 4 is 27.5 Å². The number of sulfonamides is 1. The maximum Gasteiger partial charge on any atom is 0.266 e. The van der Waals surface area contributed by atoms with Gasteiger partial charge in [0.15, 0.2) is 0 Å². The van der Waals surface area contributed by atoms with E-state index in [2.05, 4.69) is 15.6 Å². The summed E-state index contributed by atoms with van der Waals surface area (Å²) in [6, 6.07) is 11.1. The average molecular weight is 345 g/mol. The van der Waals surface area contributed by atoms with Crippen LogP contribution < -0.4 is 15.6 Å². The molecule has 0 radical (unpaired) electrons. The molecule has 0 fully saturated rings. The Morgan fingerprint density at radius 3 is 2.67 bits per heavy atom. The first-order valence-corrected chi connectivity index (χ1v) is 8.66. The van der Waals surface area contributed by atoms with Crippen LogP contribution in [0.5, 0.6) is 0 Å². The molecule has 2 amide bonds. The second kappa shape index (κ2) is 6.06. The highest BCUT2D eigenvalue weighted by Gasteiger charge is 2.22. The number of amides is 2. The number of fused-ring (bicyclic) bond motifs is 1. The van der Waals surface area contributed by atoms with E-state index in [1.54, 1.807) is 31.2 Å². The van der Waals surface area contributed by atoms with E-state index < -0.39 is 15.9 Å². The van der Waals surface area contributed by atoms with Crippen molar-refractivity contribution in [2.45, 2.75) is 18.2 Å². The van der Waals surface area contributed by atoms with Crippen LogP contribution in [0.25, 0.3) is 0 Å². The number of benzene rings is 2. The van der Waals surface area contributed by atoms with Crippen LogP contribution in [-0.4, -0.2) is 20.2 Å². The zero-order chi connectivity index (χ0) is 17.3. The van der Waals surface area contributed by atoms with Crippen LogP contribution in [0.4, 0.5) is 5.69 Å². The number of anilines is 1. The van der Waals surface area contributed by atoms with Gasteiger partial charge >= 0.3 is 0 Å². The van der Waals surface area contributed by atoms with Crippen molar-refractivity contribution in [3.8, 4) is 0 Å². The topological polar surface area (TPSA) is 104 Å². The monoisotopic (exact) mass is 345 g/mol. The maximum atomic E-state index is 12.3. The molecule has 2 aromatic carbocycles. The minimum Gasteiger partial charge on any atom is -0.326 e. The lowest BCUT2D eigenvalue weighted by Crippen LogP contribution is -2.41. The second-order valence-corrected chi connectivity index (χ2v) is 7.10. The molecule has 0 spiro atoms. The van der Waals surface area contributed by atoms with Gasteiger partial charge in [0.05, 0.1) is 11.3 Å². The Morgan fingerprint density at radius 1 is 1.17 bits per heavy atom. The Hall–Kier alpha value is -2.71. The second-order valence-electron chi connectivity index (χ2n) is 5.42. The molecule has 3 rings (SSSR count). The Bertz CT molecular complexity index is 938. The molecular weight excluding hydrogens is 330 g/mol. The number of hydrazine groups is 1. The Labute approximate surface area is 139 Å². The number of hydrogen-bond donors (Lipinski definition) is 3. The van der Waals surface area contributed by atoms with Gasteiger partial charge in [0.25, 0.3) is 15.9 Å². The first-order valence-electron chi connectivity index (χ1n) is 7.17. The number of carbonyl (C=O) groups is 2. The standard InChI is InChI=1S/C16H15N3O4S/c1-10-4-2-3-5-13(10)16(21)18-19-24(22,23)12-6-7-14-11(8-12)9-15(20)17-14/h2-8,19H,9H2,1H3,(H,17,20)(H,18,21). The van der Waals surface area contributed by atoms with Crippen molar-refractivity contribution in [1.29, 1.82) is 0 Å². The van der Waals surface area contributed by atoms with E-state index in [0.29, 0.717) is 16.8 Å². The highest BCUT2D eigenvalue weighted by molar-refractivity contribution is 7.89. The Balaban J connectivity index is 1.75. The van der Waals surface area contributed by atoms with E-state index in [0.717, 1.165) is 5.56 Å². The summed E-state index contributed by atoms with van der Waals surface area (Å²) in [6.07, 6.45) is 0.133. The van der Waals surface area contributed by atoms with E-state index in [4.69, 9.17) is 0 Å². The molecule has 1 aliphatic rings. The van der Waals surface area contributed by atoms with Crippen molar-refractivity contribution in [2.75, 3.05) is 5.32 Å². The van der Waals surface area contributed by atoms with Gasteiger partial charge in [-0.25, -0.2) is 8.42 Å². The van der Waals surface area contributed by atoms with Gasteiger partial charge in [0.1, 0.15) is 0 Å². The van der Waals surface area contributed by atoms with E-state index in [1.165, 1.54) is 18.2 Å². The van der Waals surface area contributed by atoms with Crippen LogP contribution in [-0.2, 0) is 21.2 Å². The van der Waals surface area contributed by atoms with Gasteiger partial charge in [-0.2, -0.15) is 0 Å². The molecule has 0 atom stereocenters. The summed E-state index contributed by atoms with van der Waals surface area (Å²) in [4.78, 5) is 25.5. The summed E-state index contributed by atoms with van der Waals surface area (Å²) < 4.78 is 24.6. The van der Waals surface area contributed by atoms with Crippen molar-refractivity contribution in [1.82, 2.24) is 10.3 Å². The van der Waals surface area contributed by atoms with Gasteiger partial charge in [-0.1, -0.05) is 18.2 Å². The van der Waals surface area contributed by atoms with Crippen molar-refractivity contribution < 1.29 is 18.0 Å². The predicted molar refractivity (Wildman–Crippen MR) is 87.7 cm³/mol. The zero-order valence-corrected chi connectivity index (χ0v) is 13.6. The largest absolute Gasteiger partial charge is 0.326 e. The van der Waals surface area contributed by atoms with Crippen molar-refractivity contribution in [2.24, 2.45) is 0 Å². The zero-order valence-electron chi connectivity index (χ0n) is 12.8. The lowest BCUT2D eigenvalue weighted by atomic mass is 10.1. The van der Waals surface area contributed by atoms with Gasteiger partial charge in [0, 0.05) is 11.3 Å². The van der Waals surface area contributed by atoms with Crippen LogP contribution in [0, 0.1) is 6.92 Å². The fourth-order valence-electron chi connectivity index (χ4n) is 2.44. The molecule has 0 bridgehead atoms. The van der Waals surface area contributed by atoms with E-state index in [1.807, 2.05) is 0 Å². The molecule has 3 N–H and O–H groups in total. The molecular formula is C16H15N3O4S. The number of aryl methyl sites for hydroxylation is 1. The number of nitrogens with one attached hydrogen (secondary N) is 3. The summed E-state index contributed by atoms with van der Waals surface area (Å²) in [6.45, 7) is 1.76. The van der Waals surface area contributed by atoms with Gasteiger partial charge in [-0.05, 0) is 42.3 Å². The molecule has 8 heteroatoms. The van der Waals surface area contributed by atoms with Gasteiger partial charge in [-0.15, -0.1) is 4.83 Å². The Morgan fingerprint density at radius 2 is 1.92 bits per heavy atom. The molecule has 2 aromatic rings. The first kappa shape index (κ1) is 16.2. The van der Waals surface area contributed by atoms with E-state index in [-0.39, 0.29) is 17.2 Å². The van der Waals surface area contributed by atoms with Crippen LogP contribution in [0.1, 0.15) is 21.5 Å². The fraction of sp³-hybridized carbons (Fsp3) is 0.125. The molecule has 0 aliphatic carbocycles. The lowest BCUT2D eigenvalue weighted by molar-refractivity contribution is -0.115. The molecule has 0 saturated heterocycles. The number of carbonyl (C=O) groups excluding carboxylic acids is 2. The molecule has 124 valence electrons. The maximum absolute atomic E-state index is 12.3. The molecule has 0 unspecified atom stereocenters. The van der Waals surface area contributed by atoms with Gasteiger partial charge in [0.2, 0.25) is 5.91 Å². The van der Waals surface area contributed by atoms with Crippen LogP contribution in [0.2, 0.25) is 0 Å². The van der Waals surface area contributed by atoms with Crippen molar-refractivity contribution in [3.05, 3.63) is 59.2 Å². The van der Waals surface area contributed by atoms with Crippen molar-refractivity contribution in [3.63, 3.8) is 0 Å². The van der Waals surface area contributed by atoms with Crippen LogP contribution >= 0.6 is 0 Å². The van der Waals surface area contributed by atoms with Crippen LogP contribution in [0.15, 0.2) is 47.4 Å².